The number of hydrogen-bond acceptors (Lipinski definition) is 21. The number of ether oxygens (including phenoxy) is 3. The minimum atomic E-state index is -3.87. The van der Waals surface area contributed by atoms with Gasteiger partial charge in [0.25, 0.3) is 5.91 Å². The topological polar surface area (TPSA) is 333 Å². The van der Waals surface area contributed by atoms with Crippen molar-refractivity contribution in [3.63, 3.8) is 0 Å². The summed E-state index contributed by atoms with van der Waals surface area (Å²) in [6.07, 6.45) is 19.1. The summed E-state index contributed by atoms with van der Waals surface area (Å²) in [7, 11) is -9.68. The Kier molecular flexibility index (Phi) is 44.0. The Balaban J connectivity index is 0.00000131. The highest BCUT2D eigenvalue weighted by molar-refractivity contribution is 8.51. The highest BCUT2D eigenvalue weighted by atomic mass is 35.5. The number of carbonyl (C=O) groups is 6. The fraction of sp³-hybridized carbons (Fsp3) is 0.493. The number of carbonyl (C=O) groups excluding carboxylic acids is 6. The van der Waals surface area contributed by atoms with E-state index in [1.54, 1.807) is 55.2 Å². The van der Waals surface area contributed by atoms with Crippen molar-refractivity contribution in [3.8, 4) is 11.5 Å². The van der Waals surface area contributed by atoms with Gasteiger partial charge < -0.3 is 38.9 Å². The van der Waals surface area contributed by atoms with E-state index in [9.17, 15) is 60.9 Å². The number of rotatable bonds is 21. The summed E-state index contributed by atoms with van der Waals surface area (Å²) >= 11 is 12.9. The molecule has 5 atom stereocenters. The number of hydrogen-bond donors (Lipinski definition) is 6. The zero-order chi connectivity index (χ0) is 77.9. The van der Waals surface area contributed by atoms with Crippen molar-refractivity contribution < 1.29 is 93.5 Å². The van der Waals surface area contributed by atoms with E-state index in [4.69, 9.17) is 39.5 Å². The van der Waals surface area contributed by atoms with Gasteiger partial charge in [0.1, 0.15) is 55.1 Å². The van der Waals surface area contributed by atoms with Crippen LogP contribution in [-0.2, 0) is 93.8 Å². The number of aliphatic hydroxyl groups excluding tert-OH is 1. The van der Waals surface area contributed by atoms with E-state index in [-0.39, 0.29) is 89.5 Å². The highest BCUT2D eigenvalue weighted by Crippen LogP contribution is 2.38. The van der Waals surface area contributed by atoms with Crippen LogP contribution >= 0.6 is 24.9 Å². The van der Waals surface area contributed by atoms with Gasteiger partial charge in [0.05, 0.1) is 23.3 Å². The third-order valence-electron chi connectivity index (χ3n) is 16.3. The van der Waals surface area contributed by atoms with Gasteiger partial charge in [-0.15, -0.1) is 24.7 Å². The van der Waals surface area contributed by atoms with Crippen molar-refractivity contribution in [2.75, 3.05) is 19.7 Å². The number of aliphatic hydroxyl groups is 1. The van der Waals surface area contributed by atoms with Crippen LogP contribution in [0.25, 0.3) is 0 Å². The van der Waals surface area contributed by atoms with Crippen LogP contribution in [0.5, 0.6) is 11.5 Å². The maximum Gasteiger partial charge on any atom is 0.342 e. The first-order valence-corrected chi connectivity index (χ1v) is 43.5. The molecule has 562 valence electrons. The predicted octanol–water partition coefficient (Wildman–Crippen LogP) is 14.8. The third kappa shape index (κ3) is 36.4. The number of halogens is 1. The summed E-state index contributed by atoms with van der Waals surface area (Å²) in [5.74, 6) is -2.38. The van der Waals surface area contributed by atoms with Gasteiger partial charge in [-0.05, 0) is 218 Å². The number of aromatic hydroxyl groups is 2. The van der Waals surface area contributed by atoms with Gasteiger partial charge in [0.15, 0.2) is 19.9 Å². The molecule has 3 aromatic rings. The predicted molar refractivity (Wildman–Crippen MR) is 409 cm³/mol. The minimum absolute atomic E-state index is 0.00264. The quantitative estimate of drug-likeness (QED) is 0.00664. The molecule has 1 saturated heterocycles. The Morgan fingerprint density at radius 3 is 1.75 bits per heavy atom. The van der Waals surface area contributed by atoms with Crippen LogP contribution in [0.4, 0.5) is 0 Å². The van der Waals surface area contributed by atoms with Crippen molar-refractivity contribution >= 4 is 112 Å². The first kappa shape index (κ1) is 95.1. The fourth-order valence-corrected chi connectivity index (χ4v) is 10.9. The smallest absolute Gasteiger partial charge is 0.342 e. The van der Waals surface area contributed by atoms with Gasteiger partial charge in [-0.25, -0.2) is 14.4 Å². The lowest BCUT2D eigenvalue weighted by Crippen LogP contribution is -2.43. The molecule has 5 rings (SSSR count). The number of fused-ring (bicyclic) bond motifs is 1. The van der Waals surface area contributed by atoms with Crippen LogP contribution in [-0.4, -0.2) is 140 Å². The summed E-state index contributed by atoms with van der Waals surface area (Å²) in [6, 6.07) is 5.08. The Morgan fingerprint density at radius 1 is 0.762 bits per heavy atom. The maximum atomic E-state index is 13.0. The Labute approximate surface area is 617 Å². The summed E-state index contributed by atoms with van der Waals surface area (Å²) in [6.45, 7) is 44.0. The molecule has 30 heteroatoms. The highest BCUT2D eigenvalue weighted by Gasteiger charge is 2.38. The van der Waals surface area contributed by atoms with E-state index in [0.29, 0.717) is 42.4 Å². The molecule has 0 spiro atoms. The number of piperidine rings is 1. The molecule has 6 N–H and O–H groups in total. The summed E-state index contributed by atoms with van der Waals surface area (Å²) in [4.78, 5) is 82.3. The largest absolute Gasteiger partial charge is 0.508 e. The van der Waals surface area contributed by atoms with E-state index in [1.807, 2.05) is 84.7 Å². The van der Waals surface area contributed by atoms with E-state index in [2.05, 4.69) is 89.0 Å². The molecular weight excluding hydrogens is 1450 g/mol. The summed E-state index contributed by atoms with van der Waals surface area (Å²) < 4.78 is 75.9. The van der Waals surface area contributed by atoms with E-state index in [0.717, 1.165) is 70.9 Å². The number of esters is 3. The van der Waals surface area contributed by atoms with E-state index in [1.165, 1.54) is 18.1 Å². The second kappa shape index (κ2) is 46.8. The number of amides is 1. The first-order valence-electron chi connectivity index (χ1n) is 32.3. The molecule has 0 unspecified atom stereocenters. The van der Waals surface area contributed by atoms with Crippen LogP contribution in [0.2, 0.25) is 18.1 Å². The van der Waals surface area contributed by atoms with Gasteiger partial charge in [-0.1, -0.05) is 75.4 Å². The molecule has 3 aromatic carbocycles. The number of phenols is 2. The molecule has 0 radical (unpaired) electrons. The number of aryl methyl sites for hydroxylation is 4. The molecule has 0 saturated carbocycles. The molecule has 0 bridgehead atoms. The molecule has 2 heterocycles. The third-order valence-corrected chi connectivity index (χ3v) is 25.8. The minimum Gasteiger partial charge on any atom is -0.508 e. The second-order valence-electron chi connectivity index (χ2n) is 25.5. The number of ketones is 2. The lowest BCUT2D eigenvalue weighted by atomic mass is 9.90. The number of benzene rings is 3. The number of allylic oxidation sites excluding steroid dienone is 2. The normalized spacial score (nSPS) is 16.6. The van der Waals surface area contributed by atoms with Crippen LogP contribution in [0.3, 0.4) is 0 Å². The molecule has 0 aliphatic carbocycles. The van der Waals surface area contributed by atoms with Crippen LogP contribution in [0, 0.1) is 55.4 Å². The number of cyclic esters (lactones) is 1. The van der Waals surface area contributed by atoms with Crippen molar-refractivity contribution in [2.45, 2.75) is 210 Å². The molecule has 1 amide bonds. The summed E-state index contributed by atoms with van der Waals surface area (Å²) in [5.41, 5.74) is 9.57. The maximum absolute atomic E-state index is 13.0. The zero-order valence-corrected chi connectivity index (χ0v) is 67.7. The standard InChI is InChI=1S/C29H44O4Si.C19H22O6.C16H22O2.C7H13ClN2O2.2HO3PS2/c1-12-15-22(5)32-28(31)27-21(4)18-20(3)23(6)26(27)19-24(30)16-14-17-25(13-2)33-34(10,11)29(7,8)9;1-11-5-3-6-13(20)7-4-8-14(21)9-15-12(2)16(22)10-17(23)18(15)19(24)25-11;1-7-8-12(4)18-16(17)15-11(3)9-10(2)13(5)14(15)6;8-9-12-6-7(11)10-4-2-1-3-5-10;2*1-6(2,3)4-5/h12-14,16,18,22,25H,1-2,15,17,19H2,3-11H3;3-4,6,8,10-11,13,20,22-23H,5,7,9H2,1-2H3;7,9,12H,1,8H2,2-6H3;9H,1-6H2;2*(H,1,2,3)/b16-14+;6-3+,8-4+;;;;/t22-,25-;11-,13-;12-;;;/m111.../s1. The fourth-order valence-electron chi connectivity index (χ4n) is 9.58. The van der Waals surface area contributed by atoms with E-state index >= 15 is 0 Å². The van der Waals surface area contributed by atoms with Gasteiger partial charge in [0.2, 0.25) is 0 Å². The molecule has 101 heavy (non-hydrogen) atoms. The van der Waals surface area contributed by atoms with Gasteiger partial charge >= 0.3 is 37.4 Å². The first-order chi connectivity index (χ1) is 46.8. The Bertz CT molecular complexity index is 3640. The zero-order valence-electron chi connectivity index (χ0n) is 60.8. The average Bonchev–Trinajstić information content (AvgIpc) is 0.811. The van der Waals surface area contributed by atoms with Crippen LogP contribution < -0.4 is 5.00 Å². The lowest BCUT2D eigenvalue weighted by molar-refractivity contribution is -0.138. The average molecular weight is 1560 g/mol. The second-order valence-corrected chi connectivity index (χ2v) is 38.9. The lowest BCUT2D eigenvalue weighted by Gasteiger charge is -2.38. The summed E-state index contributed by atoms with van der Waals surface area (Å²) in [5, 5.41) is 29.9. The van der Waals surface area contributed by atoms with Gasteiger partial charge in [0, 0.05) is 63.0 Å². The van der Waals surface area contributed by atoms with Crippen molar-refractivity contribution in [1.82, 2.24) is 9.90 Å². The Morgan fingerprint density at radius 2 is 1.27 bits per heavy atom. The molecule has 1 fully saturated rings. The van der Waals surface area contributed by atoms with Crippen LogP contribution in [0.1, 0.15) is 180 Å². The molecule has 0 aromatic heterocycles. The number of nitrogens with one attached hydrogen (secondary N) is 1. The van der Waals surface area contributed by atoms with E-state index < -0.39 is 70.8 Å². The number of nitrogens with zero attached hydrogens (tertiary/aromatic N) is 1. The number of likely N-dealkylation sites (tertiary alicyclic amines) is 1. The Hall–Kier alpha value is -5.87. The number of phenolic OH excluding ortho intramolecular Hbond substituents is 2. The van der Waals surface area contributed by atoms with Gasteiger partial charge in [-0.3, -0.25) is 28.3 Å². The van der Waals surface area contributed by atoms with Crippen molar-refractivity contribution in [3.05, 3.63) is 165 Å². The van der Waals surface area contributed by atoms with Crippen LogP contribution in [0.15, 0.2) is 92.6 Å². The molecule has 2 aliphatic heterocycles. The van der Waals surface area contributed by atoms with Crippen molar-refractivity contribution in [1.29, 1.82) is 0 Å². The monoisotopic (exact) mass is 1560 g/mol. The molecule has 22 nitrogen and oxygen atoms in total. The van der Waals surface area contributed by atoms with Gasteiger partial charge in [-0.2, -0.15) is 16.8 Å². The van der Waals surface area contributed by atoms with Crippen molar-refractivity contribution in [2.24, 2.45) is 0 Å². The SMILES string of the molecule is C=CC[C@@H](C)OC(=O)c1c(C)cc(C)c(C)c1C.C=CC[C@@H](C)OC(=O)c1c(C)cc(C)c(C)c1CC(=O)/C=C/C[C@@H](C=C)O[Si](C)(C)C(C)(C)C.Cc1c(O)cc(O)c2c1CC(=O)/C=C/C[C@H](O)/C=C/C[C@@H](C)OC2=O.O=C(CONCl)N1CCCCC1.O=S(=O)(O)P=S.O=S(=O)(O)P=S. The molecule has 2 aliphatic rings. The molecular formula is C71H103ClN2O20P2S4Si.